The standard InChI is InChI=1S/C20H25ClN2O4/c1-3-27-20(26)14-11-16(18(25)12-14)15-5-4-6-17(21)19(15)23-9-7-22(8-10-23)13(2)24/h4-6,14,16H,3,7-12H2,1-2H3/t14-,16+/m0/s1. The van der Waals surface area contributed by atoms with E-state index in [1.54, 1.807) is 13.8 Å². The predicted molar refractivity (Wildman–Crippen MR) is 103 cm³/mol. The van der Waals surface area contributed by atoms with Crippen molar-refractivity contribution in [2.75, 3.05) is 37.7 Å². The van der Waals surface area contributed by atoms with Gasteiger partial charge in [0.25, 0.3) is 0 Å². The molecule has 0 radical (unpaired) electrons. The van der Waals surface area contributed by atoms with Crippen LogP contribution in [0.4, 0.5) is 5.69 Å². The number of esters is 1. The van der Waals surface area contributed by atoms with Gasteiger partial charge in [-0.15, -0.1) is 0 Å². The third-order valence-corrected chi connectivity index (χ3v) is 5.72. The van der Waals surface area contributed by atoms with Crippen molar-refractivity contribution in [3.8, 4) is 0 Å². The second-order valence-electron chi connectivity index (χ2n) is 7.08. The molecular formula is C20H25ClN2O4. The minimum Gasteiger partial charge on any atom is -0.466 e. The van der Waals surface area contributed by atoms with Crippen molar-refractivity contribution in [3.05, 3.63) is 28.8 Å². The first kappa shape index (κ1) is 19.7. The number of hydrogen-bond acceptors (Lipinski definition) is 5. The molecule has 0 aromatic heterocycles. The fourth-order valence-electron chi connectivity index (χ4n) is 4.02. The van der Waals surface area contributed by atoms with Gasteiger partial charge >= 0.3 is 5.97 Å². The molecule has 2 aliphatic rings. The van der Waals surface area contributed by atoms with Crippen LogP contribution in [0.2, 0.25) is 5.02 Å². The first-order chi connectivity index (χ1) is 12.9. The fraction of sp³-hybridized carbons (Fsp3) is 0.550. The summed E-state index contributed by atoms with van der Waals surface area (Å²) < 4.78 is 5.10. The zero-order valence-electron chi connectivity index (χ0n) is 15.7. The lowest BCUT2D eigenvalue weighted by Crippen LogP contribution is -2.48. The Morgan fingerprint density at radius 1 is 1.22 bits per heavy atom. The molecule has 1 aromatic rings. The summed E-state index contributed by atoms with van der Waals surface area (Å²) in [6, 6.07) is 5.59. The molecule has 1 saturated carbocycles. The summed E-state index contributed by atoms with van der Waals surface area (Å²) in [6.07, 6.45) is 0.673. The number of nitrogens with zero attached hydrogens (tertiary/aromatic N) is 2. The molecule has 1 amide bonds. The van der Waals surface area contributed by atoms with E-state index in [2.05, 4.69) is 4.90 Å². The molecule has 0 N–H and O–H groups in total. The van der Waals surface area contributed by atoms with Crippen LogP contribution in [0.1, 0.15) is 38.2 Å². The smallest absolute Gasteiger partial charge is 0.309 e. The van der Waals surface area contributed by atoms with Crippen molar-refractivity contribution in [1.82, 2.24) is 4.90 Å². The van der Waals surface area contributed by atoms with Gasteiger partial charge in [-0.05, 0) is 25.0 Å². The SMILES string of the molecule is CCOC(=O)[C@@H]1CC(=O)[C@@H](c2cccc(Cl)c2N2CCN(C(C)=O)CC2)C1. The number of piperazine rings is 1. The van der Waals surface area contributed by atoms with Gasteiger partial charge in [0.2, 0.25) is 5.91 Å². The van der Waals surface area contributed by atoms with Gasteiger partial charge in [0, 0.05) is 45.4 Å². The highest BCUT2D eigenvalue weighted by molar-refractivity contribution is 6.33. The number of halogens is 1. The normalized spacial score (nSPS) is 22.9. The molecule has 146 valence electrons. The monoisotopic (exact) mass is 392 g/mol. The number of carbonyl (C=O) groups is 3. The Hall–Kier alpha value is -2.08. The van der Waals surface area contributed by atoms with Gasteiger partial charge in [-0.3, -0.25) is 14.4 Å². The van der Waals surface area contributed by atoms with Crippen molar-refractivity contribution >= 4 is 34.9 Å². The molecule has 27 heavy (non-hydrogen) atoms. The number of ether oxygens (including phenoxy) is 1. The highest BCUT2D eigenvalue weighted by atomic mass is 35.5. The molecular weight excluding hydrogens is 368 g/mol. The molecule has 1 saturated heterocycles. The molecule has 6 nitrogen and oxygen atoms in total. The Morgan fingerprint density at radius 2 is 1.93 bits per heavy atom. The van der Waals surface area contributed by atoms with Crippen LogP contribution in [0.15, 0.2) is 18.2 Å². The quantitative estimate of drug-likeness (QED) is 0.737. The summed E-state index contributed by atoms with van der Waals surface area (Å²) in [6.45, 7) is 6.24. The number of para-hydroxylation sites is 1. The Bertz CT molecular complexity index is 743. The maximum absolute atomic E-state index is 12.7. The van der Waals surface area contributed by atoms with Gasteiger partial charge in [0.15, 0.2) is 0 Å². The highest BCUT2D eigenvalue weighted by Crippen LogP contribution is 2.43. The van der Waals surface area contributed by atoms with E-state index in [-0.39, 0.29) is 35.9 Å². The van der Waals surface area contributed by atoms with Crippen LogP contribution in [0.3, 0.4) is 0 Å². The van der Waals surface area contributed by atoms with E-state index in [1.807, 2.05) is 23.1 Å². The topological polar surface area (TPSA) is 66.9 Å². The zero-order valence-corrected chi connectivity index (χ0v) is 16.5. The molecule has 2 atom stereocenters. The number of benzene rings is 1. The molecule has 7 heteroatoms. The van der Waals surface area contributed by atoms with Gasteiger partial charge in [0.1, 0.15) is 5.78 Å². The van der Waals surface area contributed by atoms with E-state index in [0.29, 0.717) is 44.2 Å². The van der Waals surface area contributed by atoms with E-state index in [4.69, 9.17) is 16.3 Å². The predicted octanol–water partition coefficient (Wildman–Crippen LogP) is 2.63. The second kappa shape index (κ2) is 8.30. The number of ketones is 1. The molecule has 0 spiro atoms. The molecule has 1 aliphatic heterocycles. The number of amides is 1. The van der Waals surface area contributed by atoms with E-state index < -0.39 is 0 Å². The summed E-state index contributed by atoms with van der Waals surface area (Å²) in [7, 11) is 0. The lowest BCUT2D eigenvalue weighted by Gasteiger charge is -2.37. The minimum atomic E-state index is -0.385. The average Bonchev–Trinajstić information content (AvgIpc) is 3.03. The number of carbonyl (C=O) groups excluding carboxylic acids is 3. The minimum absolute atomic E-state index is 0.0546. The maximum Gasteiger partial charge on any atom is 0.309 e. The van der Waals surface area contributed by atoms with Gasteiger partial charge in [-0.1, -0.05) is 23.7 Å². The third kappa shape index (κ3) is 4.10. The summed E-state index contributed by atoms with van der Waals surface area (Å²) >= 11 is 6.51. The van der Waals surface area contributed by atoms with Gasteiger partial charge in [-0.2, -0.15) is 0 Å². The lowest BCUT2D eigenvalue weighted by atomic mass is 9.93. The first-order valence-corrected chi connectivity index (χ1v) is 9.78. The molecule has 2 fully saturated rings. The van der Waals surface area contributed by atoms with E-state index in [0.717, 1.165) is 11.3 Å². The molecule has 0 unspecified atom stereocenters. The molecule has 1 aliphatic carbocycles. The van der Waals surface area contributed by atoms with E-state index in [9.17, 15) is 14.4 Å². The number of anilines is 1. The van der Waals surface area contributed by atoms with Crippen molar-refractivity contribution in [2.45, 2.75) is 32.6 Å². The van der Waals surface area contributed by atoms with Crippen LogP contribution in [0.25, 0.3) is 0 Å². The number of rotatable bonds is 4. The van der Waals surface area contributed by atoms with Crippen LogP contribution in [0, 0.1) is 5.92 Å². The summed E-state index contributed by atoms with van der Waals surface area (Å²) in [5.74, 6) is -0.911. The van der Waals surface area contributed by atoms with Crippen LogP contribution < -0.4 is 4.90 Å². The Morgan fingerprint density at radius 3 is 2.56 bits per heavy atom. The van der Waals surface area contributed by atoms with Crippen molar-refractivity contribution < 1.29 is 19.1 Å². The Kier molecular flexibility index (Phi) is 6.05. The fourth-order valence-corrected chi connectivity index (χ4v) is 4.32. The van der Waals surface area contributed by atoms with Crippen LogP contribution in [0.5, 0.6) is 0 Å². The maximum atomic E-state index is 12.7. The molecule has 1 aromatic carbocycles. The summed E-state index contributed by atoms with van der Waals surface area (Å²) in [4.78, 5) is 40.3. The average molecular weight is 393 g/mol. The van der Waals surface area contributed by atoms with Crippen LogP contribution >= 0.6 is 11.6 Å². The van der Waals surface area contributed by atoms with Gasteiger partial charge in [-0.25, -0.2) is 0 Å². The van der Waals surface area contributed by atoms with Crippen molar-refractivity contribution in [3.63, 3.8) is 0 Å². The Labute approximate surface area is 164 Å². The number of Topliss-reactive ketones (excluding diaryl/α,β-unsaturated/α-hetero) is 1. The molecule has 0 bridgehead atoms. The highest BCUT2D eigenvalue weighted by Gasteiger charge is 2.40. The third-order valence-electron chi connectivity index (χ3n) is 5.41. The van der Waals surface area contributed by atoms with Crippen molar-refractivity contribution in [2.24, 2.45) is 5.92 Å². The second-order valence-corrected chi connectivity index (χ2v) is 7.49. The van der Waals surface area contributed by atoms with Crippen LogP contribution in [-0.4, -0.2) is 55.3 Å². The van der Waals surface area contributed by atoms with Gasteiger partial charge < -0.3 is 14.5 Å². The zero-order chi connectivity index (χ0) is 19.6. The summed E-state index contributed by atoms with van der Waals surface area (Å²) in [5.41, 5.74) is 1.72. The van der Waals surface area contributed by atoms with Crippen LogP contribution in [-0.2, 0) is 19.1 Å². The lowest BCUT2D eigenvalue weighted by molar-refractivity contribution is -0.148. The van der Waals surface area contributed by atoms with Gasteiger partial charge in [0.05, 0.1) is 23.2 Å². The number of hydrogen-bond donors (Lipinski definition) is 0. The largest absolute Gasteiger partial charge is 0.466 e. The van der Waals surface area contributed by atoms with E-state index in [1.165, 1.54) is 0 Å². The first-order valence-electron chi connectivity index (χ1n) is 9.40. The van der Waals surface area contributed by atoms with Crippen molar-refractivity contribution in [1.29, 1.82) is 0 Å². The Balaban J connectivity index is 1.83. The molecule has 3 rings (SSSR count). The molecule has 1 heterocycles. The summed E-state index contributed by atoms with van der Waals surface area (Å²) in [5, 5.41) is 0.594. The van der Waals surface area contributed by atoms with E-state index >= 15 is 0 Å².